The monoisotopic (exact) mass is 328 g/mol. The molecular formula is C19H40N2O2. The topological polar surface area (TPSA) is 52.2 Å². The third-order valence-electron chi connectivity index (χ3n) is 4.37. The molecule has 0 aromatic rings. The predicted octanol–water partition coefficient (Wildman–Crippen LogP) is 3.06. The summed E-state index contributed by atoms with van der Waals surface area (Å²) >= 11 is 0. The molecule has 0 spiro atoms. The minimum atomic E-state index is -1.02. The maximum atomic E-state index is 11.1. The number of nitrogens with one attached hydrogen (secondary N) is 1. The van der Waals surface area contributed by atoms with E-state index in [4.69, 9.17) is 0 Å². The van der Waals surface area contributed by atoms with Crippen LogP contribution in [0.5, 0.6) is 0 Å². The Labute approximate surface area is 144 Å². The van der Waals surface area contributed by atoms with Gasteiger partial charge in [0.1, 0.15) is 5.97 Å². The Hall–Kier alpha value is -0.610. The van der Waals surface area contributed by atoms with Crippen LogP contribution in [0.3, 0.4) is 0 Å². The Morgan fingerprint density at radius 2 is 1.22 bits per heavy atom. The van der Waals surface area contributed by atoms with Crippen LogP contribution < -0.4 is 10.4 Å². The molecule has 1 atom stereocenters. The SMILES string of the molecule is CCCCCCCCCCCCCCNC(C(=O)[O-])[N+](C)(C)C. The second-order valence-corrected chi connectivity index (χ2v) is 7.68. The Kier molecular flexibility index (Phi) is 13.4. The second kappa shape index (κ2) is 13.8. The van der Waals surface area contributed by atoms with Crippen LogP contribution in [-0.4, -0.2) is 44.3 Å². The predicted molar refractivity (Wildman–Crippen MR) is 95.9 cm³/mol. The van der Waals surface area contributed by atoms with E-state index in [0.29, 0.717) is 4.48 Å². The first-order valence-electron chi connectivity index (χ1n) is 9.65. The van der Waals surface area contributed by atoms with Crippen molar-refractivity contribution in [1.82, 2.24) is 5.32 Å². The molecule has 0 amide bonds. The fourth-order valence-electron chi connectivity index (χ4n) is 2.88. The lowest BCUT2D eigenvalue weighted by Crippen LogP contribution is -2.62. The first kappa shape index (κ1) is 22.4. The molecule has 0 aliphatic heterocycles. The zero-order valence-corrected chi connectivity index (χ0v) is 16.0. The van der Waals surface area contributed by atoms with Crippen molar-refractivity contribution in [3.05, 3.63) is 0 Å². The normalized spacial score (nSPS) is 13.2. The lowest BCUT2D eigenvalue weighted by molar-refractivity contribution is -0.892. The summed E-state index contributed by atoms with van der Waals surface area (Å²) < 4.78 is 0.348. The first-order valence-corrected chi connectivity index (χ1v) is 9.65. The van der Waals surface area contributed by atoms with Crippen molar-refractivity contribution < 1.29 is 14.4 Å². The van der Waals surface area contributed by atoms with Crippen LogP contribution >= 0.6 is 0 Å². The maximum Gasteiger partial charge on any atom is 0.183 e. The summed E-state index contributed by atoms with van der Waals surface area (Å²) in [6, 6.07) is 0. The van der Waals surface area contributed by atoms with Gasteiger partial charge in [-0.25, -0.2) is 0 Å². The number of hydrogen-bond acceptors (Lipinski definition) is 3. The number of rotatable bonds is 16. The van der Waals surface area contributed by atoms with Crippen LogP contribution in [0, 0.1) is 0 Å². The van der Waals surface area contributed by atoms with Gasteiger partial charge in [0.15, 0.2) is 6.17 Å². The van der Waals surface area contributed by atoms with Gasteiger partial charge >= 0.3 is 0 Å². The largest absolute Gasteiger partial charge is 0.543 e. The molecule has 138 valence electrons. The molecule has 1 N–H and O–H groups in total. The van der Waals surface area contributed by atoms with E-state index in [-0.39, 0.29) is 0 Å². The molecule has 1 unspecified atom stereocenters. The van der Waals surface area contributed by atoms with Gasteiger partial charge in [-0.3, -0.25) is 5.32 Å². The fraction of sp³-hybridized carbons (Fsp3) is 0.947. The van der Waals surface area contributed by atoms with Crippen LogP contribution in [-0.2, 0) is 4.79 Å². The highest BCUT2D eigenvalue weighted by atomic mass is 16.4. The van der Waals surface area contributed by atoms with Crippen LogP contribution in [0.4, 0.5) is 0 Å². The maximum absolute atomic E-state index is 11.1. The van der Waals surface area contributed by atoms with E-state index in [1.807, 2.05) is 21.1 Å². The average Bonchev–Trinajstić information content (AvgIpc) is 2.46. The van der Waals surface area contributed by atoms with Gasteiger partial charge in [0.05, 0.1) is 21.1 Å². The first-order chi connectivity index (χ1) is 10.9. The minimum absolute atomic E-state index is 0.348. The Balaban J connectivity index is 3.38. The lowest BCUT2D eigenvalue weighted by Gasteiger charge is -2.35. The lowest BCUT2D eigenvalue weighted by atomic mass is 10.1. The van der Waals surface area contributed by atoms with Crippen LogP contribution in [0.15, 0.2) is 0 Å². The minimum Gasteiger partial charge on any atom is -0.543 e. The molecule has 0 aromatic heterocycles. The van der Waals surface area contributed by atoms with Crippen molar-refractivity contribution in [2.45, 2.75) is 90.1 Å². The van der Waals surface area contributed by atoms with E-state index >= 15 is 0 Å². The number of carbonyl (C=O) groups excluding carboxylic acids is 1. The quantitative estimate of drug-likeness (QED) is 0.269. The third kappa shape index (κ3) is 13.5. The highest BCUT2D eigenvalue weighted by Crippen LogP contribution is 2.11. The van der Waals surface area contributed by atoms with E-state index < -0.39 is 12.1 Å². The molecule has 4 heteroatoms. The average molecular weight is 329 g/mol. The number of quaternary nitrogens is 1. The Morgan fingerprint density at radius 1 is 0.826 bits per heavy atom. The molecule has 0 rings (SSSR count). The molecule has 0 radical (unpaired) electrons. The number of carboxylic acids is 1. The molecule has 23 heavy (non-hydrogen) atoms. The summed E-state index contributed by atoms with van der Waals surface area (Å²) in [5, 5.41) is 14.2. The van der Waals surface area contributed by atoms with Crippen molar-refractivity contribution in [2.24, 2.45) is 0 Å². The van der Waals surface area contributed by atoms with Crippen molar-refractivity contribution in [3.8, 4) is 0 Å². The number of carbonyl (C=O) groups is 1. The summed E-state index contributed by atoms with van der Waals surface area (Å²) in [5.41, 5.74) is 0. The summed E-state index contributed by atoms with van der Waals surface area (Å²) in [5.74, 6) is -1.02. The molecular weight excluding hydrogens is 288 g/mol. The standard InChI is InChI=1S/C19H40N2O2/c1-5-6-7-8-9-10-11-12-13-14-15-16-17-20-18(19(22)23)21(2,3)4/h18,20H,5-17H2,1-4H3. The number of nitrogens with zero attached hydrogens (tertiary/aromatic N) is 1. The van der Waals surface area contributed by atoms with Gasteiger partial charge in [0.25, 0.3) is 0 Å². The van der Waals surface area contributed by atoms with E-state index in [1.54, 1.807) is 0 Å². The smallest absolute Gasteiger partial charge is 0.183 e. The van der Waals surface area contributed by atoms with Crippen molar-refractivity contribution in [2.75, 3.05) is 27.7 Å². The van der Waals surface area contributed by atoms with Crippen LogP contribution in [0.1, 0.15) is 84.0 Å². The fourth-order valence-corrected chi connectivity index (χ4v) is 2.88. The van der Waals surface area contributed by atoms with Gasteiger partial charge in [-0.2, -0.15) is 0 Å². The number of hydrogen-bond donors (Lipinski definition) is 1. The molecule has 0 fully saturated rings. The van der Waals surface area contributed by atoms with E-state index in [1.165, 1.54) is 70.6 Å². The number of aliphatic carboxylic acids is 1. The van der Waals surface area contributed by atoms with E-state index in [9.17, 15) is 9.90 Å². The summed E-state index contributed by atoms with van der Waals surface area (Å²) in [6.45, 7) is 3.02. The molecule has 0 heterocycles. The van der Waals surface area contributed by atoms with Crippen molar-refractivity contribution >= 4 is 5.97 Å². The summed E-state index contributed by atoms with van der Waals surface area (Å²) in [6.07, 6.45) is 15.2. The van der Waals surface area contributed by atoms with Gasteiger partial charge in [0.2, 0.25) is 0 Å². The molecule has 0 saturated carbocycles. The van der Waals surface area contributed by atoms with Gasteiger partial charge in [-0.05, 0) is 6.42 Å². The van der Waals surface area contributed by atoms with Gasteiger partial charge in [0, 0.05) is 6.54 Å². The van der Waals surface area contributed by atoms with Crippen LogP contribution in [0.2, 0.25) is 0 Å². The highest BCUT2D eigenvalue weighted by molar-refractivity contribution is 5.69. The number of likely N-dealkylation sites (N-methyl/N-ethyl adjacent to an activating group) is 1. The zero-order valence-electron chi connectivity index (χ0n) is 16.0. The second-order valence-electron chi connectivity index (χ2n) is 7.68. The number of unbranched alkanes of at least 4 members (excludes halogenated alkanes) is 11. The van der Waals surface area contributed by atoms with Gasteiger partial charge in [-0.1, -0.05) is 77.6 Å². The Morgan fingerprint density at radius 3 is 1.57 bits per heavy atom. The van der Waals surface area contributed by atoms with E-state index in [2.05, 4.69) is 12.2 Å². The molecule has 0 saturated heterocycles. The van der Waals surface area contributed by atoms with Crippen molar-refractivity contribution in [1.29, 1.82) is 0 Å². The molecule has 0 aromatic carbocycles. The van der Waals surface area contributed by atoms with Gasteiger partial charge in [-0.15, -0.1) is 0 Å². The van der Waals surface area contributed by atoms with Gasteiger partial charge < -0.3 is 14.4 Å². The zero-order chi connectivity index (χ0) is 17.6. The number of carboxylic acid groups (broad SMARTS) is 1. The summed E-state index contributed by atoms with van der Waals surface area (Å²) in [4.78, 5) is 11.1. The van der Waals surface area contributed by atoms with Crippen molar-refractivity contribution in [3.63, 3.8) is 0 Å². The molecule has 0 aliphatic carbocycles. The Bertz CT molecular complexity index is 288. The van der Waals surface area contributed by atoms with E-state index in [0.717, 1.165) is 13.0 Å². The third-order valence-corrected chi connectivity index (χ3v) is 4.37. The summed E-state index contributed by atoms with van der Waals surface area (Å²) in [7, 11) is 5.61. The van der Waals surface area contributed by atoms with Crippen LogP contribution in [0.25, 0.3) is 0 Å². The highest BCUT2D eigenvalue weighted by Gasteiger charge is 2.23. The molecule has 4 nitrogen and oxygen atoms in total. The molecule has 0 bridgehead atoms. The molecule has 0 aliphatic rings.